The van der Waals surface area contributed by atoms with Gasteiger partial charge in [-0.1, -0.05) is 132 Å². The van der Waals surface area contributed by atoms with Crippen LogP contribution in [0.5, 0.6) is 23.0 Å². The average Bonchev–Trinajstić information content (AvgIpc) is 3.23. The quantitative estimate of drug-likeness (QED) is 0.0829. The van der Waals surface area contributed by atoms with Crippen molar-refractivity contribution in [2.75, 3.05) is 39.6 Å². The molecule has 5 rings (SSSR count). The molecule has 0 spiro atoms. The van der Waals surface area contributed by atoms with Gasteiger partial charge in [-0.2, -0.15) is 0 Å². The Labute approximate surface area is 431 Å². The number of phosphoric acid groups is 3. The van der Waals surface area contributed by atoms with Crippen molar-refractivity contribution in [1.29, 1.82) is 0 Å². The zero-order chi connectivity index (χ0) is 53.8. The van der Waals surface area contributed by atoms with Crippen molar-refractivity contribution in [2.45, 2.75) is 172 Å². The molecule has 0 aliphatic heterocycles. The highest BCUT2D eigenvalue weighted by Crippen LogP contribution is 2.56. The van der Waals surface area contributed by atoms with Gasteiger partial charge in [0.1, 0.15) is 23.0 Å². The second kappa shape index (κ2) is 23.2. The maximum Gasteiger partial charge on any atom is 0.530 e. The first-order valence-corrected chi connectivity index (χ1v) is 29.8. The van der Waals surface area contributed by atoms with Crippen molar-refractivity contribution in [2.24, 2.45) is 0 Å². The molecule has 16 heteroatoms. The number of phosphoric ester groups is 3. The summed E-state index contributed by atoms with van der Waals surface area (Å²) in [5.74, 6) is 0.793. The maximum atomic E-state index is 14.8. The molecule has 0 heterocycles. The van der Waals surface area contributed by atoms with Crippen LogP contribution in [0.2, 0.25) is 0 Å². The summed E-state index contributed by atoms with van der Waals surface area (Å²) in [6.07, 6.45) is 0.451. The van der Waals surface area contributed by atoms with E-state index in [4.69, 9.17) is 40.7 Å². The fraction of sp³-hybridized carbons (Fsp3) is 0.571. The minimum absolute atomic E-state index is 0.0319. The number of phenolic OH excluding ortho intramolecular Hbond substituents is 1. The molecular weight excluding hydrogens is 974 g/mol. The highest BCUT2D eigenvalue weighted by atomic mass is 31.2. The molecule has 0 amide bonds. The molecule has 1 aliphatic carbocycles. The number of aromatic hydroxyl groups is 1. The van der Waals surface area contributed by atoms with Crippen LogP contribution >= 0.6 is 23.5 Å². The highest BCUT2D eigenvalue weighted by molar-refractivity contribution is 7.49. The van der Waals surface area contributed by atoms with Crippen LogP contribution in [-0.2, 0) is 88.2 Å². The van der Waals surface area contributed by atoms with Crippen LogP contribution in [0.25, 0.3) is 0 Å². The monoisotopic (exact) mass is 1060 g/mol. The smallest absolute Gasteiger partial charge is 0.507 e. The summed E-state index contributed by atoms with van der Waals surface area (Å²) in [7, 11) is -12.8. The van der Waals surface area contributed by atoms with E-state index in [9.17, 15) is 18.8 Å². The lowest BCUT2D eigenvalue weighted by molar-refractivity contribution is 0.165. The predicted octanol–water partition coefficient (Wildman–Crippen LogP) is 15.9. The van der Waals surface area contributed by atoms with Crippen LogP contribution in [0, 0.1) is 0 Å². The molecule has 8 bridgehead atoms. The standard InChI is InChI=1S/C56H83O13P3/c1-19-61-70(58,62-20-2)67-50-39-25-37-29-45(53(7,8)9)30-38(49(37)57)26-40-32-47(55(13,14)15)34-42(51(40)68-71(59,63-21-3)64-22-4)28-44-36-48(56(16,17)18)35-43(27-41(50)33-46(31-39)54(10,11)12)52(44)69-72(60,65-23-5)66-24-6/h29-36,57H,19-28H2,1-18H3. The molecule has 13 nitrogen and oxygen atoms in total. The molecular formula is C56H83O13P3. The topological polar surface area (TPSA) is 155 Å². The molecule has 0 aromatic heterocycles. The van der Waals surface area contributed by atoms with Crippen LogP contribution in [0.4, 0.5) is 0 Å². The Hall–Kier alpha value is -3.47. The fourth-order valence-electron chi connectivity index (χ4n) is 8.54. The van der Waals surface area contributed by atoms with Crippen LogP contribution in [0.3, 0.4) is 0 Å². The summed E-state index contributed by atoms with van der Waals surface area (Å²) in [6, 6.07) is 16.2. The molecule has 0 atom stereocenters. The first-order chi connectivity index (χ1) is 33.3. The number of rotatable bonds is 18. The predicted molar refractivity (Wildman–Crippen MR) is 288 cm³/mol. The van der Waals surface area contributed by atoms with Gasteiger partial charge >= 0.3 is 23.5 Å². The van der Waals surface area contributed by atoms with Gasteiger partial charge in [-0.15, -0.1) is 0 Å². The van der Waals surface area contributed by atoms with Gasteiger partial charge in [0.25, 0.3) is 0 Å². The van der Waals surface area contributed by atoms with Crippen molar-refractivity contribution in [1.82, 2.24) is 0 Å². The lowest BCUT2D eigenvalue weighted by Crippen LogP contribution is -2.17. The van der Waals surface area contributed by atoms with Gasteiger partial charge in [-0.3, -0.25) is 27.1 Å². The van der Waals surface area contributed by atoms with Crippen LogP contribution in [0.1, 0.15) is 191 Å². The van der Waals surface area contributed by atoms with E-state index in [1.165, 1.54) is 0 Å². The molecule has 4 aromatic carbocycles. The Morgan fingerprint density at radius 2 is 0.514 bits per heavy atom. The van der Waals surface area contributed by atoms with Crippen molar-refractivity contribution >= 4 is 23.5 Å². The van der Waals surface area contributed by atoms with Crippen molar-refractivity contribution in [3.63, 3.8) is 0 Å². The molecule has 4 aromatic rings. The molecule has 1 N–H and O–H groups in total. The summed E-state index contributed by atoms with van der Waals surface area (Å²) in [5, 5.41) is 12.7. The first kappa shape index (κ1) is 59.4. The van der Waals surface area contributed by atoms with Gasteiger partial charge in [0.05, 0.1) is 39.6 Å². The third-order valence-electron chi connectivity index (χ3n) is 12.3. The minimum atomic E-state index is -4.30. The van der Waals surface area contributed by atoms with Gasteiger partial charge in [0.15, 0.2) is 0 Å². The third-order valence-corrected chi connectivity index (χ3v) is 17.0. The second-order valence-electron chi connectivity index (χ2n) is 22.3. The van der Waals surface area contributed by atoms with Crippen molar-refractivity contribution in [3.8, 4) is 23.0 Å². The molecule has 0 fully saturated rings. The highest BCUT2D eigenvalue weighted by Gasteiger charge is 2.37. The van der Waals surface area contributed by atoms with Crippen LogP contribution < -0.4 is 13.6 Å². The van der Waals surface area contributed by atoms with Gasteiger partial charge < -0.3 is 18.7 Å². The normalized spacial score (nSPS) is 14.1. The van der Waals surface area contributed by atoms with Crippen molar-refractivity contribution < 1.29 is 59.5 Å². The molecule has 0 radical (unpaired) electrons. The molecule has 0 unspecified atom stereocenters. The maximum absolute atomic E-state index is 14.8. The van der Waals surface area contributed by atoms with E-state index in [0.29, 0.717) is 44.5 Å². The van der Waals surface area contributed by atoms with Crippen molar-refractivity contribution in [3.05, 3.63) is 115 Å². The zero-order valence-corrected chi connectivity index (χ0v) is 49.1. The molecule has 72 heavy (non-hydrogen) atoms. The largest absolute Gasteiger partial charge is 0.530 e. The Kier molecular flexibility index (Phi) is 19.1. The van der Waals surface area contributed by atoms with E-state index >= 15 is 0 Å². The van der Waals surface area contributed by atoms with Gasteiger partial charge in [-0.05, 0) is 130 Å². The van der Waals surface area contributed by atoms with E-state index in [1.807, 2.05) is 48.5 Å². The summed E-state index contributed by atoms with van der Waals surface area (Å²) in [5.41, 5.74) is 6.97. The first-order valence-electron chi connectivity index (χ1n) is 25.4. The summed E-state index contributed by atoms with van der Waals surface area (Å²) in [6.45, 7) is 36.0. The van der Waals surface area contributed by atoms with E-state index in [2.05, 4.69) is 83.1 Å². The fourth-order valence-corrected chi connectivity index (χ4v) is 12.4. The van der Waals surface area contributed by atoms with Crippen LogP contribution in [-0.4, -0.2) is 44.7 Å². The van der Waals surface area contributed by atoms with E-state index < -0.39 is 39.7 Å². The van der Waals surface area contributed by atoms with E-state index in [0.717, 1.165) is 22.3 Å². The van der Waals surface area contributed by atoms with Crippen LogP contribution in [0.15, 0.2) is 48.5 Å². The van der Waals surface area contributed by atoms with Gasteiger partial charge in [0, 0.05) is 25.7 Å². The summed E-state index contributed by atoms with van der Waals surface area (Å²) in [4.78, 5) is 0. The summed E-state index contributed by atoms with van der Waals surface area (Å²) >= 11 is 0. The minimum Gasteiger partial charge on any atom is -0.507 e. The van der Waals surface area contributed by atoms with E-state index in [1.54, 1.807) is 41.5 Å². The third kappa shape index (κ3) is 14.7. The molecule has 1 aliphatic rings. The Bertz CT molecular complexity index is 2520. The Balaban J connectivity index is 2.12. The molecule has 0 saturated heterocycles. The molecule has 0 saturated carbocycles. The lowest BCUT2D eigenvalue weighted by Gasteiger charge is -2.30. The number of phenols is 1. The lowest BCUT2D eigenvalue weighted by atomic mass is 9.79. The number of benzene rings is 4. The average molecular weight is 1060 g/mol. The van der Waals surface area contributed by atoms with E-state index in [-0.39, 0.29) is 93.7 Å². The molecule has 400 valence electrons. The number of hydrogen-bond donors (Lipinski definition) is 1. The SMILES string of the molecule is CCOP(=O)(OCC)Oc1c2cc(C(C)(C)C)cc1Cc1cc(C(C)(C)C)cc(c1OP(=O)(OCC)OCC)Cc1cc(C(C)(C)C)cc(c1OP(=O)(OCC)OCC)Cc1cc(C(C)(C)C)cc(c1O)C2. The Morgan fingerprint density at radius 3 is 0.681 bits per heavy atom. The van der Waals surface area contributed by atoms with Gasteiger partial charge in [-0.25, -0.2) is 13.7 Å². The Morgan fingerprint density at radius 1 is 0.347 bits per heavy atom. The second-order valence-corrected chi connectivity index (χ2v) is 27.1. The number of hydrogen-bond acceptors (Lipinski definition) is 13. The number of fused-ring (bicyclic) bond motifs is 8. The zero-order valence-electron chi connectivity index (χ0n) is 46.4. The summed E-state index contributed by atoms with van der Waals surface area (Å²) < 4.78 is 99.3. The van der Waals surface area contributed by atoms with Gasteiger partial charge in [0.2, 0.25) is 0 Å².